The normalized spacial score (nSPS) is 10.6. The van der Waals surface area contributed by atoms with Gasteiger partial charge in [-0.05, 0) is 97.3 Å². The first-order valence-electron chi connectivity index (χ1n) is 14.0. The highest BCUT2D eigenvalue weighted by molar-refractivity contribution is 6.40. The quantitative estimate of drug-likeness (QED) is 0.0508. The number of aryl methyl sites for hydroxylation is 1. The molecule has 4 aromatic rings. The molecule has 0 unspecified atom stereocenters. The first kappa shape index (κ1) is 31.2. The van der Waals surface area contributed by atoms with Crippen molar-refractivity contribution in [1.82, 2.24) is 5.43 Å². The number of esters is 1. The van der Waals surface area contributed by atoms with E-state index in [-0.39, 0.29) is 11.3 Å². The molecule has 10 heteroatoms. The highest BCUT2D eigenvalue weighted by atomic mass is 16.5. The lowest BCUT2D eigenvalue weighted by Gasteiger charge is -2.11. The second-order valence-electron chi connectivity index (χ2n) is 9.71. The summed E-state index contributed by atoms with van der Waals surface area (Å²) in [7, 11) is 0. The fourth-order valence-corrected chi connectivity index (χ4v) is 3.92. The molecule has 0 aliphatic rings. The van der Waals surface area contributed by atoms with Gasteiger partial charge in [-0.2, -0.15) is 5.10 Å². The summed E-state index contributed by atoms with van der Waals surface area (Å²) in [5.41, 5.74) is 5.06. The summed E-state index contributed by atoms with van der Waals surface area (Å²) in [4.78, 5) is 50.1. The average Bonchev–Trinajstić information content (AvgIpc) is 3.02. The van der Waals surface area contributed by atoms with Crippen LogP contribution in [0.3, 0.4) is 0 Å². The van der Waals surface area contributed by atoms with Crippen molar-refractivity contribution in [3.8, 4) is 11.5 Å². The van der Waals surface area contributed by atoms with Crippen LogP contribution in [0.1, 0.15) is 51.6 Å². The third-order valence-electron chi connectivity index (χ3n) is 6.23. The van der Waals surface area contributed by atoms with E-state index in [1.54, 1.807) is 66.7 Å². The Kier molecular flexibility index (Phi) is 10.9. The number of nitrogens with zero attached hydrogens (tertiary/aromatic N) is 1. The van der Waals surface area contributed by atoms with Gasteiger partial charge in [-0.15, -0.1) is 0 Å². The van der Waals surface area contributed by atoms with Crippen molar-refractivity contribution in [3.05, 3.63) is 119 Å². The van der Waals surface area contributed by atoms with Crippen molar-refractivity contribution in [2.24, 2.45) is 5.10 Å². The summed E-state index contributed by atoms with van der Waals surface area (Å²) in [6.45, 7) is 4.61. The first-order chi connectivity index (χ1) is 21.3. The zero-order valence-electron chi connectivity index (χ0n) is 24.3. The van der Waals surface area contributed by atoms with E-state index in [1.165, 1.54) is 18.3 Å². The lowest BCUT2D eigenvalue weighted by molar-refractivity contribution is -0.136. The van der Waals surface area contributed by atoms with Gasteiger partial charge >= 0.3 is 17.8 Å². The van der Waals surface area contributed by atoms with Crippen molar-refractivity contribution in [2.75, 3.05) is 17.2 Å². The summed E-state index contributed by atoms with van der Waals surface area (Å²) >= 11 is 0. The Labute approximate surface area is 255 Å². The maximum Gasteiger partial charge on any atom is 0.343 e. The van der Waals surface area contributed by atoms with Crippen LogP contribution in [0.25, 0.3) is 0 Å². The van der Waals surface area contributed by atoms with Crippen LogP contribution in [0.4, 0.5) is 11.4 Å². The van der Waals surface area contributed by atoms with E-state index in [0.717, 1.165) is 18.4 Å². The standard InChI is InChI=1S/C34H32N4O6/c1-3-4-20-43-27-18-14-25(15-19-27)34(42)44-28-16-12-24(13-17-28)22-35-38-33(41)32(40)37-30-11-6-5-10-29(30)31(39)36-26-9-7-8-23(2)21-26/h5-19,21-22H,3-4,20H2,1-2H3,(H,36,39)(H,37,40)(H,38,41)/b35-22+. The molecule has 0 aliphatic carbocycles. The minimum Gasteiger partial charge on any atom is -0.494 e. The van der Waals surface area contributed by atoms with Crippen molar-refractivity contribution < 1.29 is 28.7 Å². The molecule has 0 spiro atoms. The Hall–Kier alpha value is -5.77. The zero-order valence-corrected chi connectivity index (χ0v) is 24.3. The molecule has 0 atom stereocenters. The number of nitrogens with one attached hydrogen (secondary N) is 3. The molecule has 4 rings (SSSR count). The second-order valence-corrected chi connectivity index (χ2v) is 9.71. The van der Waals surface area contributed by atoms with Gasteiger partial charge in [0.25, 0.3) is 5.91 Å². The fraction of sp³-hybridized carbons (Fsp3) is 0.147. The molecule has 4 aromatic carbocycles. The first-order valence-corrected chi connectivity index (χ1v) is 14.0. The SMILES string of the molecule is CCCCOc1ccc(C(=O)Oc2ccc(/C=N/NC(=O)C(=O)Nc3ccccc3C(=O)Nc3cccc(C)c3)cc2)cc1. The van der Waals surface area contributed by atoms with E-state index in [0.29, 0.717) is 34.9 Å². The number of rotatable bonds is 11. The summed E-state index contributed by atoms with van der Waals surface area (Å²) in [5, 5.41) is 9.04. The number of hydrogen-bond donors (Lipinski definition) is 3. The van der Waals surface area contributed by atoms with Gasteiger partial charge in [-0.3, -0.25) is 14.4 Å². The van der Waals surface area contributed by atoms with Crippen LogP contribution in [-0.2, 0) is 9.59 Å². The lowest BCUT2D eigenvalue weighted by Crippen LogP contribution is -2.33. The lowest BCUT2D eigenvalue weighted by atomic mass is 10.1. The van der Waals surface area contributed by atoms with Gasteiger partial charge in [0.1, 0.15) is 11.5 Å². The van der Waals surface area contributed by atoms with Crippen molar-refractivity contribution in [2.45, 2.75) is 26.7 Å². The number of benzene rings is 4. The number of hydrogen-bond acceptors (Lipinski definition) is 7. The highest BCUT2D eigenvalue weighted by Gasteiger charge is 2.18. The number of amides is 3. The Bertz CT molecular complexity index is 1650. The van der Waals surface area contributed by atoms with Gasteiger partial charge < -0.3 is 20.1 Å². The van der Waals surface area contributed by atoms with Crippen LogP contribution < -0.4 is 25.5 Å². The van der Waals surface area contributed by atoms with Gasteiger partial charge in [0.15, 0.2) is 0 Å². The van der Waals surface area contributed by atoms with Crippen molar-refractivity contribution >= 4 is 41.3 Å². The van der Waals surface area contributed by atoms with Gasteiger partial charge in [0, 0.05) is 5.69 Å². The number of carbonyl (C=O) groups excluding carboxylic acids is 4. The highest BCUT2D eigenvalue weighted by Crippen LogP contribution is 2.19. The maximum absolute atomic E-state index is 12.8. The molecular weight excluding hydrogens is 560 g/mol. The number of ether oxygens (including phenoxy) is 2. The Balaban J connectivity index is 1.27. The van der Waals surface area contributed by atoms with Crippen LogP contribution >= 0.6 is 0 Å². The summed E-state index contributed by atoms with van der Waals surface area (Å²) in [5.74, 6) is -1.97. The predicted molar refractivity (Wildman–Crippen MR) is 168 cm³/mol. The Morgan fingerprint density at radius 3 is 2.25 bits per heavy atom. The van der Waals surface area contributed by atoms with E-state index in [2.05, 4.69) is 28.1 Å². The molecule has 0 saturated heterocycles. The summed E-state index contributed by atoms with van der Waals surface area (Å²) in [6.07, 6.45) is 3.32. The topological polar surface area (TPSA) is 135 Å². The predicted octanol–water partition coefficient (Wildman–Crippen LogP) is 5.73. The molecule has 0 bridgehead atoms. The van der Waals surface area contributed by atoms with E-state index in [4.69, 9.17) is 9.47 Å². The number of para-hydroxylation sites is 1. The number of carbonyl (C=O) groups is 4. The molecular formula is C34H32N4O6. The van der Waals surface area contributed by atoms with Gasteiger partial charge in [-0.1, -0.05) is 37.6 Å². The molecule has 224 valence electrons. The molecule has 0 aliphatic heterocycles. The van der Waals surface area contributed by atoms with Crippen LogP contribution in [-0.4, -0.2) is 36.5 Å². The van der Waals surface area contributed by atoms with Crippen LogP contribution in [0.2, 0.25) is 0 Å². The third-order valence-corrected chi connectivity index (χ3v) is 6.23. The third kappa shape index (κ3) is 9.12. The number of anilines is 2. The minimum atomic E-state index is -1.03. The summed E-state index contributed by atoms with van der Waals surface area (Å²) < 4.78 is 11.0. The molecule has 0 saturated carbocycles. The minimum absolute atomic E-state index is 0.170. The smallest absolute Gasteiger partial charge is 0.343 e. The van der Waals surface area contributed by atoms with E-state index >= 15 is 0 Å². The number of hydrazone groups is 1. The second kappa shape index (κ2) is 15.5. The molecule has 0 heterocycles. The average molecular weight is 593 g/mol. The van der Waals surface area contributed by atoms with Crippen molar-refractivity contribution in [1.29, 1.82) is 0 Å². The van der Waals surface area contributed by atoms with Gasteiger partial charge in [-0.25, -0.2) is 10.2 Å². The summed E-state index contributed by atoms with van der Waals surface area (Å²) in [6, 6.07) is 26.8. The van der Waals surface area contributed by atoms with Crippen molar-refractivity contribution in [3.63, 3.8) is 0 Å². The van der Waals surface area contributed by atoms with Crippen LogP contribution in [0.15, 0.2) is 102 Å². The Morgan fingerprint density at radius 2 is 1.52 bits per heavy atom. The molecule has 0 radical (unpaired) electrons. The Morgan fingerprint density at radius 1 is 0.795 bits per heavy atom. The van der Waals surface area contributed by atoms with Crippen LogP contribution in [0.5, 0.6) is 11.5 Å². The molecule has 44 heavy (non-hydrogen) atoms. The van der Waals surface area contributed by atoms with Crippen LogP contribution in [0, 0.1) is 6.92 Å². The van der Waals surface area contributed by atoms with E-state index in [9.17, 15) is 19.2 Å². The molecule has 0 fully saturated rings. The largest absolute Gasteiger partial charge is 0.494 e. The molecule has 3 N–H and O–H groups in total. The van der Waals surface area contributed by atoms with E-state index in [1.807, 2.05) is 25.1 Å². The molecule has 10 nitrogen and oxygen atoms in total. The molecule has 0 aromatic heterocycles. The van der Waals surface area contributed by atoms with Gasteiger partial charge in [0.05, 0.1) is 29.6 Å². The number of unbranched alkanes of at least 4 members (excludes halogenated alkanes) is 1. The van der Waals surface area contributed by atoms with E-state index < -0.39 is 23.7 Å². The fourth-order valence-electron chi connectivity index (χ4n) is 3.92. The molecule has 3 amide bonds. The maximum atomic E-state index is 12.8. The zero-order chi connectivity index (χ0) is 31.3. The monoisotopic (exact) mass is 592 g/mol. The van der Waals surface area contributed by atoms with Gasteiger partial charge in [0.2, 0.25) is 0 Å².